The van der Waals surface area contributed by atoms with Gasteiger partial charge in [-0.2, -0.15) is 0 Å². The molecule has 0 aliphatic rings. The minimum atomic E-state index is -2.50. The maximum Gasteiger partial charge on any atom is 0.500 e. The fraction of sp³-hybridized carbons (Fsp3) is 0.933. The van der Waals surface area contributed by atoms with Crippen LogP contribution in [0.2, 0.25) is 12.1 Å². The van der Waals surface area contributed by atoms with Gasteiger partial charge in [0.1, 0.15) is 0 Å². The van der Waals surface area contributed by atoms with Crippen LogP contribution in [-0.4, -0.2) is 79.3 Å². The normalized spacial score (nSPS) is 13.2. The molecule has 0 fully saturated rings. The predicted molar refractivity (Wildman–Crippen MR) is 99.8 cm³/mol. The Morgan fingerprint density at radius 2 is 1.64 bits per heavy atom. The molecule has 0 saturated heterocycles. The van der Waals surface area contributed by atoms with E-state index in [1.54, 1.807) is 35.5 Å². The molecule has 10 heteroatoms. The van der Waals surface area contributed by atoms with Crippen LogP contribution in [0.4, 0.5) is 0 Å². The summed E-state index contributed by atoms with van der Waals surface area (Å²) in [5.41, 5.74) is 0. The Kier molecular flexibility index (Phi) is 14.6. The van der Waals surface area contributed by atoms with Gasteiger partial charge in [0.25, 0.3) is 0 Å². The van der Waals surface area contributed by atoms with Crippen molar-refractivity contribution in [1.29, 1.82) is 0 Å². The van der Waals surface area contributed by atoms with Gasteiger partial charge >= 0.3 is 24.1 Å². The number of carbonyl (C=O) groups excluding carboxylic acids is 1. The van der Waals surface area contributed by atoms with E-state index in [2.05, 4.69) is 5.32 Å². The summed E-state index contributed by atoms with van der Waals surface area (Å²) in [4.78, 5) is 11.9. The van der Waals surface area contributed by atoms with Crippen molar-refractivity contribution >= 4 is 24.1 Å². The van der Waals surface area contributed by atoms with Crippen LogP contribution in [0.25, 0.3) is 0 Å². The van der Waals surface area contributed by atoms with Crippen molar-refractivity contribution in [3.63, 3.8) is 0 Å². The third kappa shape index (κ3) is 10.4. The summed E-state index contributed by atoms with van der Waals surface area (Å²) >= 11 is 0. The molecule has 150 valence electrons. The Balaban J connectivity index is 3.81. The van der Waals surface area contributed by atoms with Crippen LogP contribution in [0, 0.1) is 5.92 Å². The maximum atomic E-state index is 11.9. The fourth-order valence-electron chi connectivity index (χ4n) is 2.28. The molecule has 0 radical (unpaired) electrons. The number of hydrogen-bond acceptors (Lipinski definition) is 8. The van der Waals surface area contributed by atoms with Gasteiger partial charge in [0, 0.05) is 48.1 Å². The Bertz CT molecular complexity index is 334. The third-order valence-corrected chi connectivity index (χ3v) is 8.74. The molecular formula is C15H35NO7Si2. The summed E-state index contributed by atoms with van der Waals surface area (Å²) in [5.74, 6) is -0.373. The first-order valence-electron chi connectivity index (χ1n) is 8.57. The van der Waals surface area contributed by atoms with E-state index in [-0.39, 0.29) is 11.9 Å². The van der Waals surface area contributed by atoms with E-state index in [1.807, 2.05) is 6.92 Å². The molecule has 0 saturated carbocycles. The SMILES string of the molecule is CO[SiH](CCCOC(=O)C(C)CNCCC[Si](OC)(OC)OC)OC. The summed E-state index contributed by atoms with van der Waals surface area (Å²) in [5, 5.41) is 3.26. The molecule has 0 aliphatic heterocycles. The minimum absolute atomic E-state index is 0.185. The second kappa shape index (κ2) is 14.8. The number of rotatable bonds is 16. The van der Waals surface area contributed by atoms with Gasteiger partial charge in [0.2, 0.25) is 0 Å². The summed E-state index contributed by atoms with van der Waals surface area (Å²) in [6.07, 6.45) is 1.62. The zero-order valence-corrected chi connectivity index (χ0v) is 18.6. The first kappa shape index (κ1) is 24.7. The average Bonchev–Trinajstić information content (AvgIpc) is 2.65. The zero-order chi connectivity index (χ0) is 19.1. The topological polar surface area (TPSA) is 84.5 Å². The second-order valence-corrected chi connectivity index (χ2v) is 11.2. The lowest BCUT2D eigenvalue weighted by Gasteiger charge is -2.24. The number of hydrogen-bond donors (Lipinski definition) is 1. The summed E-state index contributed by atoms with van der Waals surface area (Å²) in [6.45, 7) is 3.60. The lowest BCUT2D eigenvalue weighted by Crippen LogP contribution is -2.43. The first-order valence-corrected chi connectivity index (χ1v) is 12.3. The minimum Gasteiger partial charge on any atom is -0.465 e. The van der Waals surface area contributed by atoms with Gasteiger partial charge in [-0.3, -0.25) is 4.79 Å². The molecule has 1 N–H and O–H groups in total. The highest BCUT2D eigenvalue weighted by molar-refractivity contribution is 6.60. The highest BCUT2D eigenvalue weighted by Gasteiger charge is 2.36. The lowest BCUT2D eigenvalue weighted by molar-refractivity contribution is -0.147. The average molecular weight is 398 g/mol. The van der Waals surface area contributed by atoms with E-state index >= 15 is 0 Å². The summed E-state index contributed by atoms with van der Waals surface area (Å²) < 4.78 is 31.8. The van der Waals surface area contributed by atoms with Gasteiger partial charge in [-0.15, -0.1) is 0 Å². The Hall–Kier alpha value is -0.336. The molecule has 0 aromatic rings. The monoisotopic (exact) mass is 397 g/mol. The fourth-order valence-corrected chi connectivity index (χ4v) is 5.17. The van der Waals surface area contributed by atoms with E-state index in [0.29, 0.717) is 13.2 Å². The van der Waals surface area contributed by atoms with E-state index in [1.165, 1.54) is 0 Å². The summed E-state index contributed by atoms with van der Waals surface area (Å²) in [7, 11) is 4.06. The van der Waals surface area contributed by atoms with Gasteiger partial charge < -0.3 is 32.2 Å². The van der Waals surface area contributed by atoms with Crippen molar-refractivity contribution in [2.24, 2.45) is 5.92 Å². The molecule has 0 aromatic heterocycles. The number of carbonyl (C=O) groups is 1. The van der Waals surface area contributed by atoms with Crippen molar-refractivity contribution in [1.82, 2.24) is 5.32 Å². The molecule has 0 aromatic carbocycles. The van der Waals surface area contributed by atoms with Crippen LogP contribution in [0.3, 0.4) is 0 Å². The molecular weight excluding hydrogens is 362 g/mol. The van der Waals surface area contributed by atoms with Crippen molar-refractivity contribution in [2.45, 2.75) is 31.9 Å². The highest BCUT2D eigenvalue weighted by atomic mass is 28.4. The van der Waals surface area contributed by atoms with Crippen LogP contribution >= 0.6 is 0 Å². The zero-order valence-electron chi connectivity index (χ0n) is 16.5. The van der Waals surface area contributed by atoms with E-state index in [4.69, 9.17) is 26.9 Å². The third-order valence-electron chi connectivity index (χ3n) is 3.98. The maximum absolute atomic E-state index is 11.9. The molecule has 8 nitrogen and oxygen atoms in total. The predicted octanol–water partition coefficient (Wildman–Crippen LogP) is 0.927. The number of ether oxygens (including phenoxy) is 1. The van der Waals surface area contributed by atoms with Crippen LogP contribution < -0.4 is 5.32 Å². The van der Waals surface area contributed by atoms with Gasteiger partial charge in [-0.25, -0.2) is 0 Å². The van der Waals surface area contributed by atoms with Gasteiger partial charge in [-0.05, 0) is 25.4 Å². The first-order chi connectivity index (χ1) is 12.0. The van der Waals surface area contributed by atoms with E-state index in [9.17, 15) is 4.79 Å². The molecule has 1 unspecified atom stereocenters. The lowest BCUT2D eigenvalue weighted by atomic mass is 10.2. The van der Waals surface area contributed by atoms with Crippen molar-refractivity contribution in [2.75, 3.05) is 55.2 Å². The Morgan fingerprint density at radius 3 is 2.16 bits per heavy atom. The van der Waals surface area contributed by atoms with Crippen LogP contribution in [0.1, 0.15) is 19.8 Å². The van der Waals surface area contributed by atoms with E-state index in [0.717, 1.165) is 31.5 Å². The van der Waals surface area contributed by atoms with Crippen LogP contribution in [-0.2, 0) is 31.7 Å². The molecule has 0 heterocycles. The molecule has 0 spiro atoms. The highest BCUT2D eigenvalue weighted by Crippen LogP contribution is 2.14. The Morgan fingerprint density at radius 1 is 1.04 bits per heavy atom. The molecule has 0 rings (SSSR count). The van der Waals surface area contributed by atoms with E-state index < -0.39 is 18.1 Å². The summed E-state index contributed by atoms with van der Waals surface area (Å²) in [6, 6.07) is 1.56. The molecule has 0 bridgehead atoms. The number of esters is 1. The van der Waals surface area contributed by atoms with Crippen LogP contribution in [0.15, 0.2) is 0 Å². The standard InChI is InChI=1S/C15H35NO7Si2/c1-14(15(17)23-10-8-11-24(18-2)19-3)13-16-9-7-12-25(20-4,21-5)22-6/h14,16,24H,7-13H2,1-6H3. The van der Waals surface area contributed by atoms with Crippen LogP contribution in [0.5, 0.6) is 0 Å². The quantitative estimate of drug-likeness (QED) is 0.234. The molecule has 25 heavy (non-hydrogen) atoms. The van der Waals surface area contributed by atoms with Gasteiger partial charge in [0.05, 0.1) is 12.5 Å². The van der Waals surface area contributed by atoms with Gasteiger partial charge in [0.15, 0.2) is 0 Å². The molecule has 1 atom stereocenters. The molecule has 0 amide bonds. The second-order valence-electron chi connectivity index (χ2n) is 5.71. The van der Waals surface area contributed by atoms with Crippen molar-refractivity contribution in [3.05, 3.63) is 0 Å². The largest absolute Gasteiger partial charge is 0.500 e. The smallest absolute Gasteiger partial charge is 0.465 e. The van der Waals surface area contributed by atoms with Crippen molar-refractivity contribution in [3.8, 4) is 0 Å². The number of nitrogens with one attached hydrogen (secondary N) is 1. The van der Waals surface area contributed by atoms with Gasteiger partial charge in [-0.1, -0.05) is 6.92 Å². The van der Waals surface area contributed by atoms with Crippen molar-refractivity contribution < 1.29 is 31.7 Å². The molecule has 0 aliphatic carbocycles. The Labute approximate surface area is 154 Å².